The maximum absolute atomic E-state index is 13.0. The smallest absolute Gasteiger partial charge is 0.253 e. The number of carbonyl (C=O) groups is 2. The third-order valence-electron chi connectivity index (χ3n) is 4.92. The molecule has 3 aromatic carbocycles. The molecule has 0 saturated carbocycles. The second-order valence-corrected chi connectivity index (χ2v) is 7.75. The highest BCUT2D eigenvalue weighted by atomic mass is 16.5. The van der Waals surface area contributed by atoms with E-state index in [1.54, 1.807) is 12.1 Å². The molecule has 0 fully saturated rings. The van der Waals surface area contributed by atoms with Gasteiger partial charge in [-0.25, -0.2) is 0 Å². The van der Waals surface area contributed by atoms with E-state index in [0.29, 0.717) is 11.1 Å². The highest BCUT2D eigenvalue weighted by Crippen LogP contribution is 2.19. The first-order valence-electron chi connectivity index (χ1n) is 10.3. The lowest BCUT2D eigenvalue weighted by Gasteiger charge is -2.22. The summed E-state index contributed by atoms with van der Waals surface area (Å²) in [5, 5.41) is 5.92. The molecule has 2 N–H and O–H groups in total. The number of nitrogens with one attached hydrogen (secondary N) is 2. The molecule has 0 radical (unpaired) electrons. The molecule has 0 bridgehead atoms. The molecule has 3 aromatic rings. The van der Waals surface area contributed by atoms with Crippen molar-refractivity contribution >= 4 is 11.8 Å². The summed E-state index contributed by atoms with van der Waals surface area (Å²) in [4.78, 5) is 25.9. The number of ether oxygens (including phenoxy) is 1. The van der Waals surface area contributed by atoms with E-state index in [9.17, 15) is 9.59 Å². The average Bonchev–Trinajstić information content (AvgIpc) is 2.74. The summed E-state index contributed by atoms with van der Waals surface area (Å²) in [5.41, 5.74) is 3.61. The van der Waals surface area contributed by atoms with Crippen LogP contribution in [0.2, 0.25) is 0 Å². The molecule has 0 aliphatic carbocycles. The molecule has 0 aliphatic rings. The van der Waals surface area contributed by atoms with Crippen LogP contribution in [0.3, 0.4) is 0 Å². The Labute approximate surface area is 183 Å². The summed E-state index contributed by atoms with van der Waals surface area (Å²) < 4.78 is 5.71. The summed E-state index contributed by atoms with van der Waals surface area (Å²) >= 11 is 0. The Morgan fingerprint density at radius 1 is 0.710 bits per heavy atom. The van der Waals surface area contributed by atoms with Crippen molar-refractivity contribution in [2.24, 2.45) is 0 Å². The molecule has 5 nitrogen and oxygen atoms in total. The third-order valence-corrected chi connectivity index (χ3v) is 4.92. The molecule has 3 rings (SSSR count). The molecule has 0 saturated heterocycles. The van der Waals surface area contributed by atoms with Crippen molar-refractivity contribution in [3.63, 3.8) is 0 Å². The van der Waals surface area contributed by atoms with E-state index >= 15 is 0 Å². The SMILES string of the molecule is Cc1ccccc1C(=O)NC(NC(=O)c1ccccc1C)c1ccc(OC(C)C)cc1. The summed E-state index contributed by atoms with van der Waals surface area (Å²) in [6, 6.07) is 22.1. The van der Waals surface area contributed by atoms with Crippen molar-refractivity contribution in [1.82, 2.24) is 10.6 Å². The van der Waals surface area contributed by atoms with Crippen molar-refractivity contribution in [3.8, 4) is 5.75 Å². The summed E-state index contributed by atoms with van der Waals surface area (Å²) in [7, 11) is 0. The molecule has 5 heteroatoms. The van der Waals surface area contributed by atoms with Crippen LogP contribution >= 0.6 is 0 Å². The van der Waals surface area contributed by atoms with E-state index < -0.39 is 6.17 Å². The van der Waals surface area contributed by atoms with Gasteiger partial charge in [-0.1, -0.05) is 48.5 Å². The lowest BCUT2D eigenvalue weighted by atomic mass is 10.1. The van der Waals surface area contributed by atoms with Crippen LogP contribution in [0.5, 0.6) is 5.75 Å². The highest BCUT2D eigenvalue weighted by molar-refractivity contribution is 5.98. The van der Waals surface area contributed by atoms with Gasteiger partial charge in [0.2, 0.25) is 0 Å². The van der Waals surface area contributed by atoms with Crippen LogP contribution in [0.1, 0.15) is 57.4 Å². The fourth-order valence-electron chi connectivity index (χ4n) is 3.29. The molecule has 0 unspecified atom stereocenters. The Bertz CT molecular complexity index is 999. The fourth-order valence-corrected chi connectivity index (χ4v) is 3.29. The maximum Gasteiger partial charge on any atom is 0.253 e. The molecule has 2 amide bonds. The van der Waals surface area contributed by atoms with Gasteiger partial charge < -0.3 is 15.4 Å². The Balaban J connectivity index is 1.88. The highest BCUT2D eigenvalue weighted by Gasteiger charge is 2.20. The van der Waals surface area contributed by atoms with Gasteiger partial charge in [0.05, 0.1) is 6.10 Å². The van der Waals surface area contributed by atoms with Crippen molar-refractivity contribution in [1.29, 1.82) is 0 Å². The summed E-state index contributed by atoms with van der Waals surface area (Å²) in [6.07, 6.45) is -0.643. The quantitative estimate of drug-likeness (QED) is 0.536. The van der Waals surface area contributed by atoms with E-state index in [2.05, 4.69) is 10.6 Å². The molecular weight excluding hydrogens is 388 g/mol. The van der Waals surface area contributed by atoms with Crippen molar-refractivity contribution < 1.29 is 14.3 Å². The number of aryl methyl sites for hydroxylation is 2. The zero-order chi connectivity index (χ0) is 22.4. The minimum atomic E-state index is -0.702. The van der Waals surface area contributed by atoms with Crippen molar-refractivity contribution in [2.45, 2.75) is 40.0 Å². The summed E-state index contributed by atoms with van der Waals surface area (Å²) in [5.74, 6) is 0.222. The van der Waals surface area contributed by atoms with Crippen LogP contribution in [-0.2, 0) is 0 Å². The lowest BCUT2D eigenvalue weighted by Crippen LogP contribution is -2.41. The van der Waals surface area contributed by atoms with E-state index in [1.165, 1.54) is 0 Å². The van der Waals surface area contributed by atoms with Gasteiger partial charge in [0, 0.05) is 11.1 Å². The number of hydrogen-bond donors (Lipinski definition) is 2. The van der Waals surface area contributed by atoms with Gasteiger partial charge >= 0.3 is 0 Å². The zero-order valence-electron chi connectivity index (χ0n) is 18.3. The van der Waals surface area contributed by atoms with Gasteiger partial charge in [0.25, 0.3) is 11.8 Å². The van der Waals surface area contributed by atoms with Gasteiger partial charge in [-0.05, 0) is 68.7 Å². The zero-order valence-corrected chi connectivity index (χ0v) is 18.3. The minimum Gasteiger partial charge on any atom is -0.491 e. The topological polar surface area (TPSA) is 67.4 Å². The van der Waals surface area contributed by atoms with E-state index in [0.717, 1.165) is 22.4 Å². The van der Waals surface area contributed by atoms with E-state index in [1.807, 2.05) is 88.4 Å². The summed E-state index contributed by atoms with van der Waals surface area (Å²) in [6.45, 7) is 7.69. The molecule has 0 spiro atoms. The van der Waals surface area contributed by atoms with Gasteiger partial charge in [0.1, 0.15) is 11.9 Å². The minimum absolute atomic E-state index is 0.0585. The average molecular weight is 417 g/mol. The first-order valence-corrected chi connectivity index (χ1v) is 10.3. The largest absolute Gasteiger partial charge is 0.491 e. The number of benzene rings is 3. The van der Waals surface area contributed by atoms with Gasteiger partial charge in [-0.2, -0.15) is 0 Å². The first kappa shape index (κ1) is 22.1. The predicted molar refractivity (Wildman–Crippen MR) is 122 cm³/mol. The molecule has 0 aromatic heterocycles. The van der Waals surface area contributed by atoms with Crippen molar-refractivity contribution in [3.05, 3.63) is 101 Å². The van der Waals surface area contributed by atoms with Crippen LogP contribution < -0.4 is 15.4 Å². The predicted octanol–water partition coefficient (Wildman–Crippen LogP) is 4.95. The molecular formula is C26H28N2O3. The molecule has 0 aliphatic heterocycles. The molecule has 160 valence electrons. The third kappa shape index (κ3) is 5.72. The van der Waals surface area contributed by atoms with Gasteiger partial charge in [-0.3, -0.25) is 9.59 Å². The standard InChI is InChI=1S/C26H28N2O3/c1-17(2)31-21-15-13-20(14-16-21)24(27-25(29)22-11-7-5-9-18(22)3)28-26(30)23-12-8-6-10-19(23)4/h5-17,24H,1-4H3,(H,27,29)(H,28,30). The Morgan fingerprint density at radius 2 is 1.16 bits per heavy atom. The molecule has 0 heterocycles. The lowest BCUT2D eigenvalue weighted by molar-refractivity contribution is 0.0883. The fraction of sp³-hybridized carbons (Fsp3) is 0.231. The van der Waals surface area contributed by atoms with Crippen LogP contribution in [0, 0.1) is 13.8 Å². The van der Waals surface area contributed by atoms with Crippen LogP contribution in [0.25, 0.3) is 0 Å². The van der Waals surface area contributed by atoms with Gasteiger partial charge in [0.15, 0.2) is 0 Å². The van der Waals surface area contributed by atoms with Gasteiger partial charge in [-0.15, -0.1) is 0 Å². The van der Waals surface area contributed by atoms with Crippen LogP contribution in [-0.4, -0.2) is 17.9 Å². The maximum atomic E-state index is 13.0. The molecule has 31 heavy (non-hydrogen) atoms. The second-order valence-electron chi connectivity index (χ2n) is 7.75. The Morgan fingerprint density at radius 3 is 1.58 bits per heavy atom. The number of hydrogen-bond acceptors (Lipinski definition) is 3. The monoisotopic (exact) mass is 416 g/mol. The van der Waals surface area contributed by atoms with E-state index in [-0.39, 0.29) is 17.9 Å². The number of rotatable bonds is 7. The van der Waals surface area contributed by atoms with Crippen LogP contribution in [0.4, 0.5) is 0 Å². The van der Waals surface area contributed by atoms with Crippen molar-refractivity contribution in [2.75, 3.05) is 0 Å². The Kier molecular flexibility index (Phi) is 7.08. The van der Waals surface area contributed by atoms with Crippen LogP contribution in [0.15, 0.2) is 72.8 Å². The number of carbonyl (C=O) groups excluding carboxylic acids is 2. The molecule has 0 atom stereocenters. The normalized spacial score (nSPS) is 10.8. The van der Waals surface area contributed by atoms with E-state index in [4.69, 9.17) is 4.74 Å². The number of amides is 2. The second kappa shape index (κ2) is 9.94. The Hall–Kier alpha value is -3.60. The first-order chi connectivity index (χ1) is 14.8.